The molecule has 0 aromatic carbocycles. The Labute approximate surface area is 129 Å². The van der Waals surface area contributed by atoms with E-state index in [1.165, 1.54) is 18.4 Å². The van der Waals surface area contributed by atoms with E-state index >= 15 is 0 Å². The van der Waals surface area contributed by atoms with Crippen LogP contribution in [-0.2, 0) is 25.9 Å². The van der Waals surface area contributed by atoms with Crippen molar-refractivity contribution in [2.45, 2.75) is 38.8 Å². The number of hydrogen-bond donors (Lipinski definition) is 1. The first-order valence-corrected chi connectivity index (χ1v) is 8.00. The van der Waals surface area contributed by atoms with Crippen molar-refractivity contribution in [1.29, 1.82) is 0 Å². The van der Waals surface area contributed by atoms with Crippen LogP contribution in [0.3, 0.4) is 0 Å². The monoisotopic (exact) mass is 296 g/mol. The molecule has 4 rings (SSSR count). The molecule has 0 bridgehead atoms. The maximum absolute atomic E-state index is 12.2. The number of nitrogens with zero attached hydrogens (tertiary/aromatic N) is 3. The van der Waals surface area contributed by atoms with Crippen molar-refractivity contribution >= 4 is 0 Å². The van der Waals surface area contributed by atoms with E-state index in [-0.39, 0.29) is 5.56 Å². The first-order valence-electron chi connectivity index (χ1n) is 8.00. The number of nitrogens with one attached hydrogen (secondary N) is 1. The third-order valence-corrected chi connectivity index (χ3v) is 4.54. The van der Waals surface area contributed by atoms with Gasteiger partial charge in [-0.15, -0.1) is 0 Å². The summed E-state index contributed by atoms with van der Waals surface area (Å²) >= 11 is 0. The van der Waals surface area contributed by atoms with E-state index in [1.807, 2.05) is 24.5 Å². The van der Waals surface area contributed by atoms with Gasteiger partial charge in [0, 0.05) is 44.0 Å². The minimum atomic E-state index is 0.0733. The molecule has 0 unspecified atom stereocenters. The van der Waals surface area contributed by atoms with Gasteiger partial charge in [-0.25, -0.2) is 4.98 Å². The van der Waals surface area contributed by atoms with Crippen LogP contribution in [0.4, 0.5) is 0 Å². The van der Waals surface area contributed by atoms with Gasteiger partial charge in [0.2, 0.25) is 0 Å². The van der Waals surface area contributed by atoms with E-state index in [1.54, 1.807) is 0 Å². The molecule has 1 N–H and O–H groups in total. The molecule has 2 aliphatic rings. The lowest BCUT2D eigenvalue weighted by Crippen LogP contribution is -2.35. The van der Waals surface area contributed by atoms with Crippen LogP contribution in [0.5, 0.6) is 0 Å². The molecule has 0 saturated heterocycles. The lowest BCUT2D eigenvalue weighted by Gasteiger charge is -2.27. The predicted octanol–water partition coefficient (Wildman–Crippen LogP) is 1.68. The Balaban J connectivity index is 1.53. The van der Waals surface area contributed by atoms with Gasteiger partial charge < -0.3 is 4.98 Å². The van der Waals surface area contributed by atoms with Crippen molar-refractivity contribution in [3.8, 4) is 0 Å². The Morgan fingerprint density at radius 2 is 2.09 bits per heavy atom. The van der Waals surface area contributed by atoms with E-state index in [9.17, 15) is 4.79 Å². The normalized spacial score (nSPS) is 18.2. The molecular weight excluding hydrogens is 276 g/mol. The minimum Gasteiger partial charge on any atom is -0.310 e. The van der Waals surface area contributed by atoms with Gasteiger partial charge in [0.05, 0.1) is 5.69 Å². The summed E-state index contributed by atoms with van der Waals surface area (Å²) in [6, 6.07) is 4.08. The molecule has 1 aliphatic heterocycles. The van der Waals surface area contributed by atoms with Crippen LogP contribution in [0, 0.1) is 5.92 Å². The topological polar surface area (TPSA) is 61.9 Å². The molecule has 3 heterocycles. The van der Waals surface area contributed by atoms with Crippen LogP contribution in [-0.4, -0.2) is 26.4 Å². The molecule has 1 aliphatic carbocycles. The summed E-state index contributed by atoms with van der Waals surface area (Å²) in [5, 5.41) is 0. The molecule has 22 heavy (non-hydrogen) atoms. The average molecular weight is 296 g/mol. The lowest BCUT2D eigenvalue weighted by molar-refractivity contribution is 0.240. The molecule has 5 nitrogen and oxygen atoms in total. The largest absolute Gasteiger partial charge is 0.310 e. The summed E-state index contributed by atoms with van der Waals surface area (Å²) in [6.45, 7) is 2.55. The van der Waals surface area contributed by atoms with Crippen molar-refractivity contribution in [1.82, 2.24) is 19.9 Å². The Morgan fingerprint density at radius 3 is 2.86 bits per heavy atom. The number of rotatable bonds is 4. The summed E-state index contributed by atoms with van der Waals surface area (Å²) in [5.74, 6) is 1.61. The van der Waals surface area contributed by atoms with Crippen LogP contribution in [0.1, 0.15) is 35.5 Å². The fraction of sp³-hybridized carbons (Fsp3) is 0.471. The first kappa shape index (κ1) is 13.6. The summed E-state index contributed by atoms with van der Waals surface area (Å²) in [5.41, 5.74) is 3.18. The molecule has 114 valence electrons. The second kappa shape index (κ2) is 5.65. The van der Waals surface area contributed by atoms with E-state index < -0.39 is 0 Å². The highest BCUT2D eigenvalue weighted by Crippen LogP contribution is 2.31. The van der Waals surface area contributed by atoms with Crippen molar-refractivity contribution in [2.75, 3.05) is 6.54 Å². The highest BCUT2D eigenvalue weighted by molar-refractivity contribution is 5.22. The van der Waals surface area contributed by atoms with Crippen LogP contribution < -0.4 is 5.56 Å². The number of H-pyrrole nitrogens is 1. The Hall–Kier alpha value is -2.01. The Bertz CT molecular complexity index is 721. The smallest absolute Gasteiger partial charge is 0.254 e. The van der Waals surface area contributed by atoms with E-state index in [4.69, 9.17) is 4.98 Å². The number of fused-ring (bicyclic) bond motifs is 1. The number of hydrogen-bond acceptors (Lipinski definition) is 4. The molecule has 1 fully saturated rings. The van der Waals surface area contributed by atoms with Crippen LogP contribution in [0.25, 0.3) is 0 Å². The van der Waals surface area contributed by atoms with Crippen molar-refractivity contribution in [3.05, 3.63) is 57.5 Å². The van der Waals surface area contributed by atoms with E-state index in [0.717, 1.165) is 55.5 Å². The predicted molar refractivity (Wildman–Crippen MR) is 83.3 cm³/mol. The molecule has 1 saturated carbocycles. The second-order valence-electron chi connectivity index (χ2n) is 6.40. The zero-order valence-corrected chi connectivity index (χ0v) is 12.6. The Kier molecular flexibility index (Phi) is 3.50. The summed E-state index contributed by atoms with van der Waals surface area (Å²) in [7, 11) is 0. The number of aromatic amines is 1. The van der Waals surface area contributed by atoms with Gasteiger partial charge in [0.25, 0.3) is 5.56 Å². The van der Waals surface area contributed by atoms with Crippen LogP contribution in [0.15, 0.2) is 29.3 Å². The maximum atomic E-state index is 12.2. The lowest BCUT2D eigenvalue weighted by atomic mass is 10.1. The van der Waals surface area contributed by atoms with E-state index in [0.29, 0.717) is 0 Å². The third-order valence-electron chi connectivity index (χ3n) is 4.54. The molecule has 2 aromatic heterocycles. The van der Waals surface area contributed by atoms with Crippen molar-refractivity contribution in [2.24, 2.45) is 5.92 Å². The second-order valence-corrected chi connectivity index (χ2v) is 6.40. The van der Waals surface area contributed by atoms with Gasteiger partial charge in [-0.3, -0.25) is 14.7 Å². The molecule has 2 aromatic rings. The fourth-order valence-electron chi connectivity index (χ4n) is 3.12. The SMILES string of the molecule is O=c1[nH]c(CC2CC2)nc2c1CCN(Cc1ccncc1)C2. The molecule has 0 atom stereocenters. The average Bonchev–Trinajstić information content (AvgIpc) is 3.32. The summed E-state index contributed by atoms with van der Waals surface area (Å²) in [4.78, 5) is 26.4. The summed E-state index contributed by atoms with van der Waals surface area (Å²) in [6.07, 6.45) is 7.90. The van der Waals surface area contributed by atoms with Crippen molar-refractivity contribution in [3.63, 3.8) is 0 Å². The minimum absolute atomic E-state index is 0.0733. The maximum Gasteiger partial charge on any atom is 0.254 e. The molecule has 0 spiro atoms. The number of pyridine rings is 1. The highest BCUT2D eigenvalue weighted by Gasteiger charge is 2.25. The van der Waals surface area contributed by atoms with Gasteiger partial charge in [0.15, 0.2) is 0 Å². The molecule has 5 heteroatoms. The van der Waals surface area contributed by atoms with Gasteiger partial charge in [-0.2, -0.15) is 0 Å². The Morgan fingerprint density at radius 1 is 1.27 bits per heavy atom. The zero-order valence-electron chi connectivity index (χ0n) is 12.6. The standard InChI is InChI=1S/C17H20N4O/c22-17-14-5-8-21(10-13-3-6-18-7-4-13)11-15(14)19-16(20-17)9-12-1-2-12/h3-4,6-7,12H,1-2,5,8-11H2,(H,19,20,22). The van der Waals surface area contributed by atoms with E-state index in [2.05, 4.69) is 14.9 Å². The first-order chi connectivity index (χ1) is 10.8. The zero-order chi connectivity index (χ0) is 14.9. The van der Waals surface area contributed by atoms with Crippen molar-refractivity contribution < 1.29 is 0 Å². The van der Waals surface area contributed by atoms with Gasteiger partial charge >= 0.3 is 0 Å². The van der Waals surface area contributed by atoms with Gasteiger partial charge in [-0.05, 0) is 42.9 Å². The molecule has 0 radical (unpaired) electrons. The molecule has 0 amide bonds. The van der Waals surface area contributed by atoms with Gasteiger partial charge in [-0.1, -0.05) is 0 Å². The third kappa shape index (κ3) is 2.95. The summed E-state index contributed by atoms with van der Waals surface area (Å²) < 4.78 is 0. The highest BCUT2D eigenvalue weighted by atomic mass is 16.1. The van der Waals surface area contributed by atoms with Crippen LogP contribution in [0.2, 0.25) is 0 Å². The quantitative estimate of drug-likeness (QED) is 0.932. The van der Waals surface area contributed by atoms with Crippen LogP contribution >= 0.6 is 0 Å². The fourth-order valence-corrected chi connectivity index (χ4v) is 3.12. The number of aromatic nitrogens is 3. The van der Waals surface area contributed by atoms with Gasteiger partial charge in [0.1, 0.15) is 5.82 Å². The molecular formula is C17H20N4O.